The molecule has 0 unspecified atom stereocenters. The lowest BCUT2D eigenvalue weighted by molar-refractivity contribution is 1.27. The minimum atomic E-state index is 1.13. The van der Waals surface area contributed by atoms with Crippen LogP contribution < -0.4 is 4.90 Å². The van der Waals surface area contributed by atoms with Crippen LogP contribution in [0.2, 0.25) is 0 Å². The van der Waals surface area contributed by atoms with Crippen molar-refractivity contribution in [1.29, 1.82) is 0 Å². The number of aryl methyl sites for hydroxylation is 4. The van der Waals surface area contributed by atoms with Crippen LogP contribution >= 0.6 is 0 Å². The van der Waals surface area contributed by atoms with Crippen molar-refractivity contribution in [2.24, 2.45) is 0 Å². The second-order valence-corrected chi connectivity index (χ2v) is 14.5. The molecule has 0 fully saturated rings. The van der Waals surface area contributed by atoms with E-state index in [0.717, 1.165) is 17.1 Å². The molecule has 0 radical (unpaired) electrons. The van der Waals surface area contributed by atoms with Crippen molar-refractivity contribution >= 4 is 49.4 Å². The minimum Gasteiger partial charge on any atom is -0.310 e. The first kappa shape index (κ1) is 32.5. The molecule has 0 saturated heterocycles. The summed E-state index contributed by atoms with van der Waals surface area (Å²) in [6.07, 6.45) is 0. The summed E-state index contributed by atoms with van der Waals surface area (Å²) in [5.74, 6) is 0. The second kappa shape index (κ2) is 13.3. The molecule has 0 amide bonds. The third kappa shape index (κ3) is 5.85. The molecular weight excluding hydrogens is 639 g/mol. The fourth-order valence-electron chi connectivity index (χ4n) is 8.22. The van der Waals surface area contributed by atoms with Crippen molar-refractivity contribution in [2.75, 3.05) is 4.90 Å². The normalized spacial score (nSPS) is 11.4. The highest BCUT2D eigenvalue weighted by molar-refractivity contribution is 6.33. The molecule has 9 rings (SSSR count). The lowest BCUT2D eigenvalue weighted by Gasteiger charge is -2.27. The molecule has 1 heteroatoms. The average Bonchev–Trinajstić information content (AvgIpc) is 3.19. The van der Waals surface area contributed by atoms with E-state index >= 15 is 0 Å². The Labute approximate surface area is 312 Å². The molecule has 1 nitrogen and oxygen atoms in total. The van der Waals surface area contributed by atoms with Gasteiger partial charge in [0.25, 0.3) is 0 Å². The fourth-order valence-corrected chi connectivity index (χ4v) is 8.22. The first-order valence-electron chi connectivity index (χ1n) is 18.5. The third-order valence-electron chi connectivity index (χ3n) is 10.6. The molecule has 0 saturated carbocycles. The van der Waals surface area contributed by atoms with Crippen molar-refractivity contribution in [3.8, 4) is 33.4 Å². The number of fused-ring (bicyclic) bond motifs is 6. The zero-order chi connectivity index (χ0) is 36.1. The number of hydrogen-bond donors (Lipinski definition) is 0. The molecule has 0 aromatic heterocycles. The zero-order valence-electron chi connectivity index (χ0n) is 30.7. The Morgan fingerprint density at radius 3 is 1.42 bits per heavy atom. The van der Waals surface area contributed by atoms with Gasteiger partial charge in [-0.15, -0.1) is 0 Å². The summed E-state index contributed by atoms with van der Waals surface area (Å²) >= 11 is 0. The summed E-state index contributed by atoms with van der Waals surface area (Å²) in [5.41, 5.74) is 15.9. The van der Waals surface area contributed by atoms with Gasteiger partial charge in [-0.05, 0) is 136 Å². The van der Waals surface area contributed by atoms with Gasteiger partial charge >= 0.3 is 0 Å². The Hall–Kier alpha value is -6.44. The minimum absolute atomic E-state index is 1.13. The predicted octanol–water partition coefficient (Wildman–Crippen LogP) is 14.9. The van der Waals surface area contributed by atoms with Gasteiger partial charge in [0.15, 0.2) is 0 Å². The van der Waals surface area contributed by atoms with Crippen LogP contribution in [-0.2, 0) is 0 Å². The quantitative estimate of drug-likeness (QED) is 0.158. The van der Waals surface area contributed by atoms with E-state index in [4.69, 9.17) is 0 Å². The van der Waals surface area contributed by atoms with E-state index in [-0.39, 0.29) is 0 Å². The van der Waals surface area contributed by atoms with Crippen LogP contribution in [0.5, 0.6) is 0 Å². The lowest BCUT2D eigenvalue weighted by atomic mass is 9.81. The highest BCUT2D eigenvalue weighted by Crippen LogP contribution is 2.50. The van der Waals surface area contributed by atoms with Crippen LogP contribution in [0.25, 0.3) is 65.7 Å². The van der Waals surface area contributed by atoms with Crippen molar-refractivity contribution in [1.82, 2.24) is 0 Å². The number of hydrogen-bond acceptors (Lipinski definition) is 1. The summed E-state index contributed by atoms with van der Waals surface area (Å²) in [6.45, 7) is 8.70. The van der Waals surface area contributed by atoms with Crippen LogP contribution in [0.15, 0.2) is 176 Å². The van der Waals surface area contributed by atoms with E-state index in [0.29, 0.717) is 0 Å². The Balaban J connectivity index is 1.46. The van der Waals surface area contributed by atoms with Crippen LogP contribution in [0, 0.1) is 27.7 Å². The largest absolute Gasteiger partial charge is 0.310 e. The highest BCUT2D eigenvalue weighted by Gasteiger charge is 2.23. The van der Waals surface area contributed by atoms with E-state index < -0.39 is 0 Å². The van der Waals surface area contributed by atoms with Crippen LogP contribution in [0.3, 0.4) is 0 Å². The van der Waals surface area contributed by atoms with Gasteiger partial charge in [0.05, 0.1) is 0 Å². The molecular formula is C52H41N. The maximum Gasteiger partial charge on any atom is 0.0468 e. The molecule has 0 bridgehead atoms. The number of nitrogens with zero attached hydrogens (tertiary/aromatic N) is 1. The van der Waals surface area contributed by atoms with Gasteiger partial charge in [0.2, 0.25) is 0 Å². The van der Waals surface area contributed by atoms with Gasteiger partial charge in [-0.25, -0.2) is 0 Å². The number of anilines is 3. The van der Waals surface area contributed by atoms with Gasteiger partial charge in [-0.3, -0.25) is 0 Å². The van der Waals surface area contributed by atoms with Gasteiger partial charge in [0.1, 0.15) is 0 Å². The predicted molar refractivity (Wildman–Crippen MR) is 229 cm³/mol. The highest BCUT2D eigenvalue weighted by atomic mass is 15.1. The molecule has 9 aromatic rings. The monoisotopic (exact) mass is 679 g/mol. The Kier molecular flexibility index (Phi) is 8.13. The van der Waals surface area contributed by atoms with Gasteiger partial charge in [-0.1, -0.05) is 156 Å². The Morgan fingerprint density at radius 2 is 0.811 bits per heavy atom. The fraction of sp³-hybridized carbons (Fsp3) is 0.0769. The van der Waals surface area contributed by atoms with Crippen molar-refractivity contribution < 1.29 is 0 Å². The second-order valence-electron chi connectivity index (χ2n) is 14.5. The molecule has 0 atom stereocenters. The van der Waals surface area contributed by atoms with E-state index in [1.807, 2.05) is 0 Å². The molecule has 0 aliphatic rings. The van der Waals surface area contributed by atoms with E-state index in [2.05, 4.69) is 209 Å². The molecule has 0 N–H and O–H groups in total. The van der Waals surface area contributed by atoms with E-state index in [1.54, 1.807) is 0 Å². The van der Waals surface area contributed by atoms with Crippen LogP contribution in [-0.4, -0.2) is 0 Å². The third-order valence-corrected chi connectivity index (χ3v) is 10.6. The molecule has 254 valence electrons. The maximum absolute atomic E-state index is 2.46. The van der Waals surface area contributed by atoms with Gasteiger partial charge in [-0.2, -0.15) is 0 Å². The smallest absolute Gasteiger partial charge is 0.0468 e. The Bertz CT molecular complexity index is 2710. The first-order valence-corrected chi connectivity index (χ1v) is 18.5. The maximum atomic E-state index is 2.46. The average molecular weight is 680 g/mol. The van der Waals surface area contributed by atoms with Crippen molar-refractivity contribution in [3.05, 3.63) is 198 Å². The zero-order valence-corrected chi connectivity index (χ0v) is 30.7. The number of rotatable bonds is 6. The molecule has 0 heterocycles. The molecule has 0 aliphatic carbocycles. The van der Waals surface area contributed by atoms with Gasteiger partial charge < -0.3 is 4.90 Å². The van der Waals surface area contributed by atoms with Crippen molar-refractivity contribution in [2.45, 2.75) is 27.7 Å². The molecule has 0 spiro atoms. The summed E-state index contributed by atoms with van der Waals surface area (Å²) < 4.78 is 0. The van der Waals surface area contributed by atoms with E-state index in [9.17, 15) is 0 Å². The molecule has 9 aromatic carbocycles. The molecule has 53 heavy (non-hydrogen) atoms. The molecule has 0 aliphatic heterocycles. The summed E-state index contributed by atoms with van der Waals surface area (Å²) in [7, 11) is 0. The van der Waals surface area contributed by atoms with Crippen molar-refractivity contribution in [3.63, 3.8) is 0 Å². The summed E-state index contributed by atoms with van der Waals surface area (Å²) in [6, 6.07) is 65.2. The van der Waals surface area contributed by atoms with E-state index in [1.165, 1.54) is 88.0 Å². The SMILES string of the molecule is Cc1ccc(N(c2ccc(C)cc2)c2ccc3c(c2)c2ccccc2c2c(-c4ccccc4)cc(-c4cc(C)cc(C)c4)c(-c4ccccc4)c32)cc1. The van der Waals surface area contributed by atoms with Crippen LogP contribution in [0.4, 0.5) is 17.1 Å². The standard InChI is InChI=1S/C52H41N/c1-34-19-23-41(24-20-34)53(42-25-21-35(2)22-26-42)43-27-28-46-49(32-43)44-17-11-12-18-45(44)51-47(38-13-7-5-8-14-38)33-48(40-30-36(3)29-37(4)31-40)50(52(46)51)39-15-9-6-10-16-39/h5-33H,1-4H3. The first-order chi connectivity index (χ1) is 25.9. The van der Waals surface area contributed by atoms with Gasteiger partial charge in [0, 0.05) is 17.1 Å². The topological polar surface area (TPSA) is 3.24 Å². The Morgan fingerprint density at radius 1 is 0.302 bits per heavy atom. The van der Waals surface area contributed by atoms with Crippen LogP contribution in [0.1, 0.15) is 22.3 Å². The number of benzene rings is 9. The summed E-state index contributed by atoms with van der Waals surface area (Å²) in [4.78, 5) is 2.39. The lowest BCUT2D eigenvalue weighted by Crippen LogP contribution is -2.10. The summed E-state index contributed by atoms with van der Waals surface area (Å²) in [5, 5.41) is 7.56.